The fourth-order valence-electron chi connectivity index (χ4n) is 5.18. The summed E-state index contributed by atoms with van der Waals surface area (Å²) in [5.41, 5.74) is 3.91. The van der Waals surface area contributed by atoms with Crippen LogP contribution in [0.25, 0.3) is 0 Å². The van der Waals surface area contributed by atoms with Crippen LogP contribution in [0, 0.1) is 6.92 Å². The summed E-state index contributed by atoms with van der Waals surface area (Å²) in [5.74, 6) is 1.13. The van der Waals surface area contributed by atoms with Crippen molar-refractivity contribution in [1.82, 2.24) is 20.2 Å². The van der Waals surface area contributed by atoms with Gasteiger partial charge in [-0.15, -0.1) is 0 Å². The van der Waals surface area contributed by atoms with Crippen LogP contribution >= 0.6 is 23.4 Å². The lowest BCUT2D eigenvalue weighted by Gasteiger charge is -2.37. The van der Waals surface area contributed by atoms with E-state index in [4.69, 9.17) is 16.6 Å². The van der Waals surface area contributed by atoms with Crippen LogP contribution in [0.2, 0.25) is 5.15 Å². The lowest BCUT2D eigenvalue weighted by molar-refractivity contribution is -0.119. The Morgan fingerprint density at radius 2 is 1.63 bits per heavy atom. The van der Waals surface area contributed by atoms with Gasteiger partial charge in [0.1, 0.15) is 11.0 Å². The number of halogens is 1. The van der Waals surface area contributed by atoms with Crippen LogP contribution in [0.1, 0.15) is 24.0 Å². The molecule has 0 aliphatic carbocycles. The van der Waals surface area contributed by atoms with E-state index in [9.17, 15) is 4.79 Å². The zero-order valence-electron chi connectivity index (χ0n) is 21.9. The van der Waals surface area contributed by atoms with Crippen LogP contribution in [0.4, 0.5) is 11.5 Å². The van der Waals surface area contributed by atoms with E-state index >= 15 is 0 Å². The van der Waals surface area contributed by atoms with Gasteiger partial charge in [-0.25, -0.2) is 9.97 Å². The Labute approximate surface area is 234 Å². The zero-order chi connectivity index (χ0) is 26.3. The molecule has 0 spiro atoms. The average molecular weight is 551 g/mol. The van der Waals surface area contributed by atoms with Gasteiger partial charge in [-0.2, -0.15) is 0 Å². The minimum Gasteiger partial charge on any atom is -0.368 e. The number of piperidine rings is 1. The van der Waals surface area contributed by atoms with Crippen LogP contribution in [0.3, 0.4) is 0 Å². The Kier molecular flexibility index (Phi) is 9.04. The van der Waals surface area contributed by atoms with Gasteiger partial charge in [0, 0.05) is 63.6 Å². The number of nitrogens with one attached hydrogen (secondary N) is 1. The number of benzene rings is 2. The second-order valence-electron chi connectivity index (χ2n) is 9.98. The van der Waals surface area contributed by atoms with Gasteiger partial charge >= 0.3 is 0 Å². The molecular formula is C29H35ClN6OS. The molecule has 0 radical (unpaired) electrons. The molecule has 0 saturated carbocycles. The normalized spacial score (nSPS) is 17.0. The van der Waals surface area contributed by atoms with E-state index in [2.05, 4.69) is 80.5 Å². The number of carbonyl (C=O) groups excluding carboxylic acids is 1. The topological polar surface area (TPSA) is 64.6 Å². The van der Waals surface area contributed by atoms with Crippen molar-refractivity contribution in [1.29, 1.82) is 0 Å². The Morgan fingerprint density at radius 3 is 2.37 bits per heavy atom. The first-order valence-electron chi connectivity index (χ1n) is 13.3. The summed E-state index contributed by atoms with van der Waals surface area (Å²) in [4.78, 5) is 28.9. The summed E-state index contributed by atoms with van der Waals surface area (Å²) in [5, 5.41) is 4.15. The molecule has 0 unspecified atom stereocenters. The molecule has 1 aromatic heterocycles. The van der Waals surface area contributed by atoms with Crippen molar-refractivity contribution >= 4 is 40.8 Å². The maximum absolute atomic E-state index is 12.7. The largest absolute Gasteiger partial charge is 0.368 e. The van der Waals surface area contributed by atoms with Crippen LogP contribution in [0.5, 0.6) is 0 Å². The Balaban J connectivity index is 1.08. The molecule has 5 rings (SSSR count). The molecule has 2 aromatic carbocycles. The van der Waals surface area contributed by atoms with Crippen molar-refractivity contribution in [2.24, 2.45) is 0 Å². The number of rotatable bonds is 8. The highest BCUT2D eigenvalue weighted by Crippen LogP contribution is 2.25. The van der Waals surface area contributed by atoms with E-state index in [0.29, 0.717) is 10.3 Å². The van der Waals surface area contributed by atoms with Gasteiger partial charge in [0.15, 0.2) is 5.16 Å². The first-order valence-corrected chi connectivity index (χ1v) is 14.7. The summed E-state index contributed by atoms with van der Waals surface area (Å²) in [6.07, 6.45) is 1.94. The van der Waals surface area contributed by atoms with Crippen LogP contribution < -0.4 is 15.1 Å². The number of piperazine rings is 1. The minimum atomic E-state index is 0.0217. The van der Waals surface area contributed by atoms with Gasteiger partial charge < -0.3 is 15.1 Å². The molecule has 3 heterocycles. The van der Waals surface area contributed by atoms with Gasteiger partial charge in [-0.1, -0.05) is 71.9 Å². The van der Waals surface area contributed by atoms with Crippen LogP contribution in [0.15, 0.2) is 65.8 Å². The minimum absolute atomic E-state index is 0.0217. The first-order chi connectivity index (χ1) is 18.5. The van der Waals surface area contributed by atoms with Gasteiger partial charge in [0.05, 0.1) is 5.75 Å². The highest BCUT2D eigenvalue weighted by molar-refractivity contribution is 7.99. The molecule has 0 bridgehead atoms. The second kappa shape index (κ2) is 12.8. The van der Waals surface area contributed by atoms with E-state index in [-0.39, 0.29) is 17.7 Å². The first kappa shape index (κ1) is 26.8. The maximum Gasteiger partial charge on any atom is 0.230 e. The van der Waals surface area contributed by atoms with E-state index in [1.54, 1.807) is 0 Å². The molecule has 0 atom stereocenters. The number of anilines is 2. The molecule has 2 aliphatic heterocycles. The fourth-order valence-corrected chi connectivity index (χ4v) is 6.08. The second-order valence-corrected chi connectivity index (χ2v) is 11.3. The molecule has 200 valence electrons. The Hall–Kier alpha value is -2.81. The van der Waals surface area contributed by atoms with E-state index in [0.717, 1.165) is 64.5 Å². The van der Waals surface area contributed by atoms with Crippen molar-refractivity contribution in [3.05, 3.63) is 76.9 Å². The van der Waals surface area contributed by atoms with Gasteiger partial charge in [-0.05, 0) is 37.0 Å². The summed E-state index contributed by atoms with van der Waals surface area (Å²) in [6.45, 7) is 8.65. The number of carbonyl (C=O) groups is 1. The lowest BCUT2D eigenvalue weighted by Crippen LogP contribution is -2.47. The Bertz CT molecular complexity index is 1210. The molecule has 9 heteroatoms. The number of amides is 1. The molecule has 38 heavy (non-hydrogen) atoms. The number of nitrogens with zero attached hydrogens (tertiary/aromatic N) is 5. The molecule has 2 saturated heterocycles. The van der Waals surface area contributed by atoms with E-state index < -0.39 is 0 Å². The van der Waals surface area contributed by atoms with Crippen LogP contribution in [-0.4, -0.2) is 71.8 Å². The maximum atomic E-state index is 12.7. The third-order valence-electron chi connectivity index (χ3n) is 7.25. The van der Waals surface area contributed by atoms with Crippen molar-refractivity contribution < 1.29 is 4.79 Å². The summed E-state index contributed by atoms with van der Waals surface area (Å²) in [7, 11) is 0. The number of aromatic nitrogens is 2. The standard InChI is InChI=1S/C29H35ClN6OS/c1-22-7-5-6-10-25(22)35-15-17-36(18-16-35)27-19-26(30)32-29(33-27)38-21-28(37)31-24-11-13-34(14-12-24)20-23-8-3-2-4-9-23/h2-10,19,24H,11-18,20-21H2,1H3,(H,31,37). The highest BCUT2D eigenvalue weighted by Gasteiger charge is 2.22. The van der Waals surface area contributed by atoms with Crippen LogP contribution in [-0.2, 0) is 11.3 Å². The lowest BCUT2D eigenvalue weighted by atomic mass is 10.0. The molecule has 1 N–H and O–H groups in total. The molecule has 7 nitrogen and oxygen atoms in total. The van der Waals surface area contributed by atoms with E-state index in [1.807, 2.05) is 12.1 Å². The quantitative estimate of drug-likeness (QED) is 0.249. The van der Waals surface area contributed by atoms with Crippen molar-refractivity contribution in [3.8, 4) is 0 Å². The number of likely N-dealkylation sites (tertiary alicyclic amines) is 1. The van der Waals surface area contributed by atoms with Gasteiger partial charge in [0.25, 0.3) is 0 Å². The molecule has 3 aromatic rings. The van der Waals surface area contributed by atoms with Crippen molar-refractivity contribution in [2.75, 3.05) is 54.8 Å². The van der Waals surface area contributed by atoms with E-state index in [1.165, 1.54) is 28.6 Å². The summed E-state index contributed by atoms with van der Waals surface area (Å²) >= 11 is 7.70. The predicted octanol–water partition coefficient (Wildman–Crippen LogP) is 4.64. The molecular weight excluding hydrogens is 516 g/mol. The van der Waals surface area contributed by atoms with Crippen molar-refractivity contribution in [3.63, 3.8) is 0 Å². The van der Waals surface area contributed by atoms with Gasteiger partial charge in [0.2, 0.25) is 5.91 Å². The Morgan fingerprint density at radius 1 is 0.947 bits per heavy atom. The third kappa shape index (κ3) is 7.18. The summed E-state index contributed by atoms with van der Waals surface area (Å²) < 4.78 is 0. The third-order valence-corrected chi connectivity index (χ3v) is 8.30. The zero-order valence-corrected chi connectivity index (χ0v) is 23.4. The highest BCUT2D eigenvalue weighted by atomic mass is 35.5. The molecule has 2 aliphatic rings. The molecule has 1 amide bonds. The predicted molar refractivity (Wildman–Crippen MR) is 156 cm³/mol. The smallest absolute Gasteiger partial charge is 0.230 e. The number of hydrogen-bond acceptors (Lipinski definition) is 7. The number of thioether (sulfide) groups is 1. The number of aryl methyl sites for hydroxylation is 1. The average Bonchev–Trinajstić information content (AvgIpc) is 2.94. The molecule has 2 fully saturated rings. The summed E-state index contributed by atoms with van der Waals surface area (Å²) in [6, 6.07) is 21.1. The monoisotopic (exact) mass is 550 g/mol. The fraction of sp³-hybridized carbons (Fsp3) is 0.414. The van der Waals surface area contributed by atoms with Gasteiger partial charge in [-0.3, -0.25) is 9.69 Å². The number of para-hydroxylation sites is 1. The van der Waals surface area contributed by atoms with Crippen molar-refractivity contribution in [2.45, 2.75) is 37.5 Å². The SMILES string of the molecule is Cc1ccccc1N1CCN(c2cc(Cl)nc(SCC(=O)NC3CCN(Cc4ccccc4)CC3)n2)CC1. The number of hydrogen-bond donors (Lipinski definition) is 1.